The third kappa shape index (κ3) is 9.20. The number of Topliss-reactive ketones (excluding diaryl/α,β-unsaturated/α-hetero) is 1. The Hall–Kier alpha value is -4.28. The van der Waals surface area contributed by atoms with Gasteiger partial charge in [0, 0.05) is 38.6 Å². The van der Waals surface area contributed by atoms with Crippen LogP contribution in [0.25, 0.3) is 0 Å². The second kappa shape index (κ2) is 14.6. The minimum Gasteiger partial charge on any atom is -0.370 e. The molecule has 0 saturated carbocycles. The summed E-state index contributed by atoms with van der Waals surface area (Å²) in [7, 11) is 0. The minimum atomic E-state index is -0.801. The molecule has 1 fully saturated rings. The number of nitrogens with zero attached hydrogens (tertiary/aromatic N) is 3. The Bertz CT molecular complexity index is 1150. The largest absolute Gasteiger partial charge is 0.370 e. The number of carbonyl (C=O) groups excluding carboxylic acids is 4. The molecule has 2 heterocycles. The van der Waals surface area contributed by atoms with E-state index in [4.69, 9.17) is 11.5 Å². The van der Waals surface area contributed by atoms with Crippen LogP contribution in [-0.2, 0) is 32.1 Å². The van der Waals surface area contributed by atoms with E-state index in [-0.39, 0.29) is 36.0 Å². The maximum atomic E-state index is 13.6. The summed E-state index contributed by atoms with van der Waals surface area (Å²) in [4.78, 5) is 57.6. The summed E-state index contributed by atoms with van der Waals surface area (Å²) in [6.45, 7) is 2.17. The Morgan fingerprint density at radius 2 is 1.72 bits per heavy atom. The number of likely N-dealkylation sites (tertiary alicyclic amines) is 1. The van der Waals surface area contributed by atoms with Crippen LogP contribution in [0.15, 0.2) is 65.9 Å². The number of rotatable bonds is 13. The van der Waals surface area contributed by atoms with Crippen molar-refractivity contribution in [3.63, 3.8) is 0 Å². The molecule has 11 nitrogen and oxygen atoms in total. The van der Waals surface area contributed by atoms with E-state index in [0.717, 1.165) is 5.56 Å². The molecule has 11 heteroatoms. The van der Waals surface area contributed by atoms with Gasteiger partial charge in [-0.15, -0.1) is 0 Å². The molecule has 208 valence electrons. The molecule has 3 amide bonds. The van der Waals surface area contributed by atoms with Crippen molar-refractivity contribution in [2.24, 2.45) is 16.5 Å². The standard InChI is InChI=1S/C28H37N7O4/c1-20(36)32-23(18-21-10-4-2-5-11-21)27(39)35-17-9-13-24(35)26(38)33-22(12-8-14-31-28(29)30)25(37)19-34-15-6-3-7-16-34/h2-7,10-11,15-16,22-24H,8-9,12-14,17-19H2,1H3,(H5-,29,30,31,32,33,36,38)/p+1/t22-,23+,24-/m0/s1. The summed E-state index contributed by atoms with van der Waals surface area (Å²) in [5.74, 6) is -1.23. The van der Waals surface area contributed by atoms with Crippen molar-refractivity contribution in [3.8, 4) is 0 Å². The smallest absolute Gasteiger partial charge is 0.246 e. The summed E-state index contributed by atoms with van der Waals surface area (Å²) < 4.78 is 1.74. The van der Waals surface area contributed by atoms with Crippen molar-refractivity contribution in [1.82, 2.24) is 15.5 Å². The highest BCUT2D eigenvalue weighted by Crippen LogP contribution is 2.20. The monoisotopic (exact) mass is 536 g/mol. The Morgan fingerprint density at radius 1 is 1.03 bits per heavy atom. The van der Waals surface area contributed by atoms with Crippen LogP contribution in [0.2, 0.25) is 0 Å². The molecule has 1 aromatic heterocycles. The number of amides is 3. The average Bonchev–Trinajstić information content (AvgIpc) is 3.40. The van der Waals surface area contributed by atoms with Gasteiger partial charge in [-0.3, -0.25) is 24.2 Å². The van der Waals surface area contributed by atoms with Gasteiger partial charge >= 0.3 is 0 Å². The van der Waals surface area contributed by atoms with Crippen molar-refractivity contribution < 1.29 is 23.7 Å². The van der Waals surface area contributed by atoms with E-state index in [0.29, 0.717) is 45.2 Å². The number of guanidine groups is 1. The molecule has 1 aromatic carbocycles. The van der Waals surface area contributed by atoms with E-state index in [1.807, 2.05) is 48.5 Å². The van der Waals surface area contributed by atoms with Gasteiger partial charge in [0.05, 0.1) is 6.04 Å². The first-order valence-corrected chi connectivity index (χ1v) is 13.2. The quantitative estimate of drug-likeness (QED) is 0.120. The maximum absolute atomic E-state index is 13.6. The molecule has 1 aliphatic heterocycles. The van der Waals surface area contributed by atoms with E-state index in [2.05, 4.69) is 15.6 Å². The van der Waals surface area contributed by atoms with Crippen molar-refractivity contribution >= 4 is 29.5 Å². The van der Waals surface area contributed by atoms with E-state index >= 15 is 0 Å². The molecule has 0 spiro atoms. The number of hydrogen-bond donors (Lipinski definition) is 4. The number of aromatic nitrogens is 1. The maximum Gasteiger partial charge on any atom is 0.246 e. The second-order valence-corrected chi connectivity index (χ2v) is 9.66. The van der Waals surface area contributed by atoms with Gasteiger partial charge in [0.1, 0.15) is 12.1 Å². The van der Waals surface area contributed by atoms with Gasteiger partial charge in [-0.25, -0.2) is 0 Å². The van der Waals surface area contributed by atoms with Crippen LogP contribution in [-0.4, -0.2) is 65.6 Å². The lowest BCUT2D eigenvalue weighted by Crippen LogP contribution is -2.56. The van der Waals surface area contributed by atoms with Crippen LogP contribution in [0.5, 0.6) is 0 Å². The van der Waals surface area contributed by atoms with Crippen LogP contribution < -0.4 is 26.7 Å². The Kier molecular flexibility index (Phi) is 11.0. The van der Waals surface area contributed by atoms with Crippen LogP contribution in [0.4, 0.5) is 0 Å². The van der Waals surface area contributed by atoms with Crippen LogP contribution >= 0.6 is 0 Å². The lowest BCUT2D eigenvalue weighted by molar-refractivity contribution is -0.684. The van der Waals surface area contributed by atoms with Crippen LogP contribution in [0.1, 0.15) is 38.2 Å². The fourth-order valence-corrected chi connectivity index (χ4v) is 4.71. The van der Waals surface area contributed by atoms with Crippen molar-refractivity contribution in [2.75, 3.05) is 13.1 Å². The van der Waals surface area contributed by atoms with Crippen molar-refractivity contribution in [2.45, 2.75) is 63.7 Å². The summed E-state index contributed by atoms with van der Waals surface area (Å²) >= 11 is 0. The third-order valence-electron chi connectivity index (χ3n) is 6.56. The zero-order chi connectivity index (χ0) is 28.2. The zero-order valence-corrected chi connectivity index (χ0v) is 22.3. The number of carbonyl (C=O) groups is 4. The average molecular weight is 537 g/mol. The minimum absolute atomic E-state index is 0.0360. The first-order chi connectivity index (χ1) is 18.7. The number of nitrogens with one attached hydrogen (secondary N) is 2. The zero-order valence-electron chi connectivity index (χ0n) is 22.3. The predicted octanol–water partition coefficient (Wildman–Crippen LogP) is -0.180. The summed E-state index contributed by atoms with van der Waals surface area (Å²) in [5.41, 5.74) is 11.7. The van der Waals surface area contributed by atoms with Gasteiger partial charge in [-0.2, -0.15) is 4.57 Å². The van der Waals surface area contributed by atoms with Gasteiger partial charge in [-0.1, -0.05) is 36.4 Å². The Balaban J connectivity index is 1.72. The van der Waals surface area contributed by atoms with Crippen LogP contribution in [0.3, 0.4) is 0 Å². The van der Waals surface area contributed by atoms with E-state index < -0.39 is 18.1 Å². The predicted molar refractivity (Wildman–Crippen MR) is 146 cm³/mol. The Labute approximate surface area is 228 Å². The fourth-order valence-electron chi connectivity index (χ4n) is 4.71. The molecule has 1 aliphatic rings. The number of aliphatic imine (C=N–C) groups is 1. The fraction of sp³-hybridized carbons (Fsp3) is 0.429. The summed E-state index contributed by atoms with van der Waals surface area (Å²) in [6.07, 6.45) is 5.82. The number of nitrogens with two attached hydrogens (primary N) is 2. The van der Waals surface area contributed by atoms with E-state index in [1.165, 1.54) is 11.8 Å². The summed E-state index contributed by atoms with van der Waals surface area (Å²) in [6, 6.07) is 12.6. The molecule has 6 N–H and O–H groups in total. The number of pyridine rings is 1. The van der Waals surface area contributed by atoms with Crippen molar-refractivity contribution in [3.05, 3.63) is 66.5 Å². The highest BCUT2D eigenvalue weighted by Gasteiger charge is 2.38. The molecule has 0 radical (unpaired) electrons. The number of ketones is 1. The van der Waals surface area contributed by atoms with Crippen LogP contribution in [0, 0.1) is 0 Å². The first-order valence-electron chi connectivity index (χ1n) is 13.2. The van der Waals surface area contributed by atoms with E-state index in [9.17, 15) is 19.2 Å². The molecule has 0 bridgehead atoms. The molecule has 39 heavy (non-hydrogen) atoms. The topological polar surface area (TPSA) is 164 Å². The van der Waals surface area contributed by atoms with E-state index in [1.54, 1.807) is 17.0 Å². The molecule has 2 aromatic rings. The van der Waals surface area contributed by atoms with Gasteiger partial charge < -0.3 is 27.0 Å². The van der Waals surface area contributed by atoms with Crippen molar-refractivity contribution in [1.29, 1.82) is 0 Å². The SMILES string of the molecule is CC(=O)N[C@H](Cc1ccccc1)C(=O)N1CCC[C@H]1C(=O)N[C@@H](CCCN=C(N)N)C(=O)C[n+]1ccccc1. The highest BCUT2D eigenvalue weighted by molar-refractivity contribution is 5.94. The third-order valence-corrected chi connectivity index (χ3v) is 6.56. The lowest BCUT2D eigenvalue weighted by atomic mass is 10.0. The van der Waals surface area contributed by atoms with Gasteiger partial charge in [0.25, 0.3) is 0 Å². The summed E-state index contributed by atoms with van der Waals surface area (Å²) in [5, 5.41) is 5.63. The number of benzene rings is 1. The first kappa shape index (κ1) is 29.3. The molecule has 1 saturated heterocycles. The Morgan fingerprint density at radius 3 is 2.38 bits per heavy atom. The molecular weight excluding hydrogens is 498 g/mol. The molecule has 0 unspecified atom stereocenters. The van der Waals surface area contributed by atoms with Gasteiger partial charge in [0.15, 0.2) is 18.4 Å². The molecule has 3 atom stereocenters. The highest BCUT2D eigenvalue weighted by atomic mass is 16.2. The van der Waals surface area contributed by atoms with Gasteiger partial charge in [-0.05, 0) is 31.2 Å². The number of hydrogen-bond acceptors (Lipinski definition) is 5. The molecular formula is C28H38N7O4+. The second-order valence-electron chi connectivity index (χ2n) is 9.66. The molecule has 0 aliphatic carbocycles. The molecule has 3 rings (SSSR count). The normalized spacial score (nSPS) is 16.1. The van der Waals surface area contributed by atoms with Gasteiger partial charge in [0.2, 0.25) is 30.0 Å². The lowest BCUT2D eigenvalue weighted by Gasteiger charge is -2.29.